The quantitative estimate of drug-likeness (QED) is 0.871. The molecule has 0 saturated carbocycles. The highest BCUT2D eigenvalue weighted by molar-refractivity contribution is 7.99. The first kappa shape index (κ1) is 19.6. The molecular weight excluding hydrogens is 353 g/mol. The zero-order valence-corrected chi connectivity index (χ0v) is 15.1. The van der Waals surface area contributed by atoms with Gasteiger partial charge in [-0.1, -0.05) is 26.8 Å². The molecule has 0 aliphatic carbocycles. The van der Waals surface area contributed by atoms with Crippen molar-refractivity contribution in [2.75, 3.05) is 16.9 Å². The molecule has 1 fully saturated rings. The predicted molar refractivity (Wildman–Crippen MR) is 92.1 cm³/mol. The molecule has 1 unspecified atom stereocenters. The first-order chi connectivity index (χ1) is 11.5. The number of nitrogens with zero attached hydrogens (tertiary/aromatic N) is 1. The first-order valence-corrected chi connectivity index (χ1v) is 8.98. The van der Waals surface area contributed by atoms with E-state index in [2.05, 4.69) is 5.32 Å². The van der Waals surface area contributed by atoms with E-state index < -0.39 is 23.7 Å². The van der Waals surface area contributed by atoms with Crippen LogP contribution in [0.4, 0.5) is 18.9 Å². The fraction of sp³-hybridized carbons (Fsp3) is 0.529. The van der Waals surface area contributed by atoms with E-state index in [-0.39, 0.29) is 17.0 Å². The fourth-order valence-electron chi connectivity index (χ4n) is 2.46. The van der Waals surface area contributed by atoms with Crippen LogP contribution in [0.25, 0.3) is 0 Å². The first-order valence-electron chi connectivity index (χ1n) is 7.83. The van der Waals surface area contributed by atoms with E-state index in [0.717, 1.165) is 12.1 Å². The van der Waals surface area contributed by atoms with E-state index in [4.69, 9.17) is 0 Å². The molecule has 0 bridgehead atoms. The Bertz CT molecular complexity index is 656. The highest BCUT2D eigenvalue weighted by Crippen LogP contribution is 2.31. The van der Waals surface area contributed by atoms with Crippen LogP contribution in [0.15, 0.2) is 24.3 Å². The van der Waals surface area contributed by atoms with E-state index in [1.165, 1.54) is 28.8 Å². The van der Waals surface area contributed by atoms with Gasteiger partial charge < -0.3 is 10.2 Å². The van der Waals surface area contributed by atoms with Gasteiger partial charge in [-0.25, -0.2) is 0 Å². The molecule has 0 radical (unpaired) electrons. The lowest BCUT2D eigenvalue weighted by molar-refractivity contribution is -0.137. The number of hydrogen-bond donors (Lipinski definition) is 1. The molecule has 1 aromatic rings. The summed E-state index contributed by atoms with van der Waals surface area (Å²) in [5, 5.41) is 2.50. The van der Waals surface area contributed by atoms with Gasteiger partial charge in [-0.15, -0.1) is 11.8 Å². The van der Waals surface area contributed by atoms with Gasteiger partial charge in [0, 0.05) is 17.9 Å². The lowest BCUT2D eigenvalue weighted by atomic mass is 9.91. The number of hydrogen-bond acceptors (Lipinski definition) is 3. The third kappa shape index (κ3) is 5.39. The van der Waals surface area contributed by atoms with E-state index in [1.54, 1.807) is 0 Å². The van der Waals surface area contributed by atoms with Crippen molar-refractivity contribution in [2.24, 2.45) is 5.41 Å². The summed E-state index contributed by atoms with van der Waals surface area (Å²) in [6.45, 7) is 5.81. The van der Waals surface area contributed by atoms with Gasteiger partial charge in [0.25, 0.3) is 0 Å². The van der Waals surface area contributed by atoms with Crippen molar-refractivity contribution in [1.29, 1.82) is 0 Å². The smallest absolute Gasteiger partial charge is 0.324 e. The van der Waals surface area contributed by atoms with Crippen LogP contribution in [0.2, 0.25) is 0 Å². The molecule has 8 heteroatoms. The van der Waals surface area contributed by atoms with Gasteiger partial charge in [-0.05, 0) is 23.6 Å². The highest BCUT2D eigenvalue weighted by Gasteiger charge is 2.36. The largest absolute Gasteiger partial charge is 0.416 e. The molecule has 1 N–H and O–H groups in total. The molecule has 1 aliphatic rings. The van der Waals surface area contributed by atoms with Crippen LogP contribution in [-0.2, 0) is 15.8 Å². The minimum atomic E-state index is -4.47. The van der Waals surface area contributed by atoms with Crippen molar-refractivity contribution < 1.29 is 22.8 Å². The summed E-state index contributed by atoms with van der Waals surface area (Å²) >= 11 is 1.46. The van der Waals surface area contributed by atoms with E-state index in [0.29, 0.717) is 18.1 Å². The van der Waals surface area contributed by atoms with Crippen molar-refractivity contribution in [2.45, 2.75) is 39.4 Å². The maximum atomic E-state index is 12.8. The SMILES string of the molecule is CC(C)(C)CC(=O)N1CSCC1C(=O)Nc1cccc(C(F)(F)F)c1. The van der Waals surface area contributed by atoms with E-state index in [1.807, 2.05) is 20.8 Å². The number of carbonyl (C=O) groups is 2. The Morgan fingerprint density at radius 3 is 2.56 bits per heavy atom. The molecule has 138 valence electrons. The average molecular weight is 374 g/mol. The Morgan fingerprint density at radius 2 is 1.96 bits per heavy atom. The molecular formula is C17H21F3N2O2S. The number of amides is 2. The Labute approximate surface area is 149 Å². The maximum absolute atomic E-state index is 12.8. The van der Waals surface area contributed by atoms with Crippen molar-refractivity contribution in [3.8, 4) is 0 Å². The third-order valence-corrected chi connectivity index (χ3v) is 4.66. The Hall–Kier alpha value is -1.70. The van der Waals surface area contributed by atoms with Crippen molar-refractivity contribution in [1.82, 2.24) is 4.90 Å². The second kappa shape index (κ2) is 7.27. The van der Waals surface area contributed by atoms with Gasteiger partial charge >= 0.3 is 6.18 Å². The highest BCUT2D eigenvalue weighted by atomic mass is 32.2. The Morgan fingerprint density at radius 1 is 1.28 bits per heavy atom. The molecule has 1 aliphatic heterocycles. The van der Waals surface area contributed by atoms with Gasteiger partial charge in [0.1, 0.15) is 6.04 Å². The Balaban J connectivity index is 2.08. The molecule has 1 atom stereocenters. The number of anilines is 1. The minimum Gasteiger partial charge on any atom is -0.324 e. The number of carbonyl (C=O) groups excluding carboxylic acids is 2. The third-order valence-electron chi connectivity index (χ3n) is 3.64. The molecule has 0 aromatic heterocycles. The number of halogens is 3. The zero-order chi connectivity index (χ0) is 18.8. The summed E-state index contributed by atoms with van der Waals surface area (Å²) in [6.07, 6.45) is -4.17. The van der Waals surface area contributed by atoms with Crippen molar-refractivity contribution in [3.05, 3.63) is 29.8 Å². The van der Waals surface area contributed by atoms with Crippen LogP contribution in [-0.4, -0.2) is 34.4 Å². The number of rotatable bonds is 3. The topological polar surface area (TPSA) is 49.4 Å². The summed E-state index contributed by atoms with van der Waals surface area (Å²) < 4.78 is 38.3. The molecule has 4 nitrogen and oxygen atoms in total. The summed E-state index contributed by atoms with van der Waals surface area (Å²) in [7, 11) is 0. The number of thioether (sulfide) groups is 1. The number of nitrogens with one attached hydrogen (secondary N) is 1. The van der Waals surface area contributed by atoms with Crippen LogP contribution >= 0.6 is 11.8 Å². The molecule has 2 rings (SSSR count). The van der Waals surface area contributed by atoms with Crippen LogP contribution in [0.5, 0.6) is 0 Å². The molecule has 25 heavy (non-hydrogen) atoms. The Kier molecular flexibility index (Phi) is 5.71. The van der Waals surface area contributed by atoms with E-state index >= 15 is 0 Å². The molecule has 1 saturated heterocycles. The lowest BCUT2D eigenvalue weighted by Crippen LogP contribution is -2.45. The van der Waals surface area contributed by atoms with Gasteiger partial charge in [-0.3, -0.25) is 9.59 Å². The zero-order valence-electron chi connectivity index (χ0n) is 14.3. The summed E-state index contributed by atoms with van der Waals surface area (Å²) in [5.74, 6) is 0.254. The normalized spacial score (nSPS) is 18.3. The lowest BCUT2D eigenvalue weighted by Gasteiger charge is -2.26. The van der Waals surface area contributed by atoms with Crippen LogP contribution in [0, 0.1) is 5.41 Å². The molecule has 1 aromatic carbocycles. The summed E-state index contributed by atoms with van der Waals surface area (Å²) in [5.41, 5.74) is -0.960. The van der Waals surface area contributed by atoms with Crippen LogP contribution < -0.4 is 5.32 Å². The van der Waals surface area contributed by atoms with Crippen LogP contribution in [0.3, 0.4) is 0 Å². The number of benzene rings is 1. The van der Waals surface area contributed by atoms with Gasteiger partial charge in [-0.2, -0.15) is 13.2 Å². The average Bonchev–Trinajstić information content (AvgIpc) is 2.94. The molecule has 2 amide bonds. The number of alkyl halides is 3. The second-order valence-corrected chi connectivity index (χ2v) is 8.18. The van der Waals surface area contributed by atoms with Gasteiger partial charge in [0.15, 0.2) is 0 Å². The summed E-state index contributed by atoms with van der Waals surface area (Å²) in [6, 6.07) is 3.80. The maximum Gasteiger partial charge on any atom is 0.416 e. The second-order valence-electron chi connectivity index (χ2n) is 7.18. The van der Waals surface area contributed by atoms with Gasteiger partial charge in [0.2, 0.25) is 11.8 Å². The fourth-order valence-corrected chi connectivity index (χ4v) is 3.64. The standard InChI is InChI=1S/C17H21F3N2O2S/c1-16(2,3)8-14(23)22-10-25-9-13(22)15(24)21-12-6-4-5-11(7-12)17(18,19)20/h4-7,13H,8-10H2,1-3H3,(H,21,24). The van der Waals surface area contributed by atoms with Gasteiger partial charge in [0.05, 0.1) is 11.4 Å². The summed E-state index contributed by atoms with van der Waals surface area (Å²) in [4.78, 5) is 26.4. The molecule has 0 spiro atoms. The predicted octanol–water partition coefficient (Wildman–Crippen LogP) is 3.98. The van der Waals surface area contributed by atoms with Crippen molar-refractivity contribution in [3.63, 3.8) is 0 Å². The van der Waals surface area contributed by atoms with Crippen LogP contribution in [0.1, 0.15) is 32.8 Å². The monoisotopic (exact) mass is 374 g/mol. The minimum absolute atomic E-state index is 0.0694. The van der Waals surface area contributed by atoms with Crippen molar-refractivity contribution >= 4 is 29.3 Å². The molecule has 1 heterocycles. The van der Waals surface area contributed by atoms with E-state index in [9.17, 15) is 22.8 Å².